The summed E-state index contributed by atoms with van der Waals surface area (Å²) in [6, 6.07) is 8.15. The summed E-state index contributed by atoms with van der Waals surface area (Å²) in [5, 5.41) is 3.44. The van der Waals surface area contributed by atoms with E-state index >= 15 is 0 Å². The molecule has 18 heavy (non-hydrogen) atoms. The third-order valence-electron chi connectivity index (χ3n) is 3.57. The first-order valence-corrected chi connectivity index (χ1v) is 6.61. The second-order valence-corrected chi connectivity index (χ2v) is 5.02. The maximum absolute atomic E-state index is 11.9. The van der Waals surface area contributed by atoms with Crippen molar-refractivity contribution in [1.29, 1.82) is 0 Å². The molecule has 1 fully saturated rings. The Kier molecular flexibility index (Phi) is 4.37. The van der Waals surface area contributed by atoms with E-state index < -0.39 is 0 Å². The molecule has 0 aliphatic heterocycles. The molecule has 2 rings (SSSR count). The lowest BCUT2D eigenvalue weighted by molar-refractivity contribution is -0.143. The number of hydrogen-bond acceptors (Lipinski definition) is 3. The molecule has 1 N–H and O–H groups in total. The third kappa shape index (κ3) is 3.10. The van der Waals surface area contributed by atoms with E-state index in [0.29, 0.717) is 6.04 Å². The van der Waals surface area contributed by atoms with Gasteiger partial charge in [0, 0.05) is 6.04 Å². The summed E-state index contributed by atoms with van der Waals surface area (Å²) >= 11 is 0. The van der Waals surface area contributed by atoms with E-state index in [1.54, 1.807) is 0 Å². The highest BCUT2D eigenvalue weighted by molar-refractivity contribution is 5.77. The topological polar surface area (TPSA) is 38.3 Å². The highest BCUT2D eigenvalue weighted by Gasteiger charge is 2.26. The van der Waals surface area contributed by atoms with Gasteiger partial charge in [-0.05, 0) is 25.3 Å². The van der Waals surface area contributed by atoms with Gasteiger partial charge in [0.1, 0.15) is 6.04 Å². The molecule has 1 atom stereocenters. The smallest absolute Gasteiger partial charge is 0.327 e. The van der Waals surface area contributed by atoms with Gasteiger partial charge in [-0.15, -0.1) is 0 Å². The van der Waals surface area contributed by atoms with Crippen LogP contribution in [0.1, 0.15) is 42.9 Å². The minimum Gasteiger partial charge on any atom is -0.468 e. The van der Waals surface area contributed by atoms with Crippen LogP contribution in [-0.4, -0.2) is 19.1 Å². The van der Waals surface area contributed by atoms with Crippen molar-refractivity contribution in [2.45, 2.75) is 44.7 Å². The van der Waals surface area contributed by atoms with Crippen LogP contribution >= 0.6 is 0 Å². The second kappa shape index (κ2) is 6.01. The first kappa shape index (κ1) is 13.1. The zero-order valence-corrected chi connectivity index (χ0v) is 11.1. The lowest BCUT2D eigenvalue weighted by Gasteiger charge is -2.21. The number of benzene rings is 1. The quantitative estimate of drug-likeness (QED) is 0.831. The number of esters is 1. The Labute approximate surface area is 109 Å². The van der Waals surface area contributed by atoms with Crippen molar-refractivity contribution in [3.63, 3.8) is 0 Å². The van der Waals surface area contributed by atoms with Crippen LogP contribution in [0.25, 0.3) is 0 Å². The van der Waals surface area contributed by atoms with E-state index in [4.69, 9.17) is 4.74 Å². The van der Waals surface area contributed by atoms with E-state index in [1.165, 1.54) is 20.0 Å². The van der Waals surface area contributed by atoms with Crippen LogP contribution in [0.2, 0.25) is 0 Å². The number of rotatable bonds is 4. The molecule has 0 bridgehead atoms. The Bertz CT molecular complexity index is 411. The highest BCUT2D eigenvalue weighted by Crippen LogP contribution is 2.23. The van der Waals surface area contributed by atoms with E-state index in [-0.39, 0.29) is 12.0 Å². The van der Waals surface area contributed by atoms with Gasteiger partial charge in [-0.2, -0.15) is 0 Å². The van der Waals surface area contributed by atoms with Crippen LogP contribution < -0.4 is 5.32 Å². The molecule has 1 saturated carbocycles. The summed E-state index contributed by atoms with van der Waals surface area (Å²) in [5.41, 5.74) is 2.16. The average Bonchev–Trinajstić information content (AvgIpc) is 2.88. The minimum absolute atomic E-state index is 0.201. The van der Waals surface area contributed by atoms with Crippen molar-refractivity contribution < 1.29 is 9.53 Å². The Morgan fingerprint density at radius 1 is 1.39 bits per heavy atom. The van der Waals surface area contributed by atoms with Gasteiger partial charge in [0.2, 0.25) is 0 Å². The van der Waals surface area contributed by atoms with Crippen LogP contribution in [0.4, 0.5) is 0 Å². The molecule has 0 heterocycles. The highest BCUT2D eigenvalue weighted by atomic mass is 16.5. The summed E-state index contributed by atoms with van der Waals surface area (Å²) in [6.45, 7) is 2.04. The maximum Gasteiger partial charge on any atom is 0.327 e. The van der Waals surface area contributed by atoms with E-state index in [0.717, 1.165) is 24.0 Å². The van der Waals surface area contributed by atoms with Crippen LogP contribution in [-0.2, 0) is 9.53 Å². The van der Waals surface area contributed by atoms with Gasteiger partial charge in [0.15, 0.2) is 0 Å². The molecule has 98 valence electrons. The number of hydrogen-bond donors (Lipinski definition) is 1. The molecule has 0 amide bonds. The van der Waals surface area contributed by atoms with Crippen molar-refractivity contribution >= 4 is 5.97 Å². The van der Waals surface area contributed by atoms with Crippen LogP contribution in [0.5, 0.6) is 0 Å². The number of methoxy groups -OCH3 is 1. The molecular formula is C15H21NO2. The maximum atomic E-state index is 11.9. The van der Waals surface area contributed by atoms with Crippen LogP contribution in [0.15, 0.2) is 24.3 Å². The first-order valence-electron chi connectivity index (χ1n) is 6.61. The van der Waals surface area contributed by atoms with E-state index in [1.807, 2.05) is 31.2 Å². The first-order chi connectivity index (χ1) is 8.70. The largest absolute Gasteiger partial charge is 0.468 e. The lowest BCUT2D eigenvalue weighted by atomic mass is 10.0. The van der Waals surface area contributed by atoms with E-state index in [2.05, 4.69) is 5.32 Å². The zero-order chi connectivity index (χ0) is 13.0. The number of carbonyl (C=O) groups is 1. The van der Waals surface area contributed by atoms with Gasteiger partial charge < -0.3 is 4.74 Å². The van der Waals surface area contributed by atoms with Crippen LogP contribution in [0, 0.1) is 6.92 Å². The Balaban J connectivity index is 2.16. The van der Waals surface area contributed by atoms with Gasteiger partial charge in [-0.25, -0.2) is 4.79 Å². The number of ether oxygens (including phenoxy) is 1. The summed E-state index contributed by atoms with van der Waals surface area (Å²) in [6.07, 6.45) is 4.80. The fourth-order valence-electron chi connectivity index (χ4n) is 2.60. The average molecular weight is 247 g/mol. The van der Waals surface area contributed by atoms with Crippen molar-refractivity contribution in [3.05, 3.63) is 35.4 Å². The van der Waals surface area contributed by atoms with Crippen molar-refractivity contribution in [1.82, 2.24) is 5.32 Å². The number of nitrogens with one attached hydrogen (secondary N) is 1. The molecule has 1 aromatic rings. The lowest BCUT2D eigenvalue weighted by Crippen LogP contribution is -2.36. The molecule has 1 aliphatic carbocycles. The van der Waals surface area contributed by atoms with Crippen molar-refractivity contribution in [3.8, 4) is 0 Å². The van der Waals surface area contributed by atoms with Gasteiger partial charge in [0.05, 0.1) is 7.11 Å². The summed E-state index contributed by atoms with van der Waals surface area (Å²) in [7, 11) is 1.45. The molecule has 3 nitrogen and oxygen atoms in total. The van der Waals surface area contributed by atoms with Gasteiger partial charge in [-0.3, -0.25) is 5.32 Å². The van der Waals surface area contributed by atoms with Crippen molar-refractivity contribution in [2.24, 2.45) is 0 Å². The molecule has 0 saturated heterocycles. The molecule has 0 radical (unpaired) electrons. The standard InChI is InChI=1S/C15H21NO2/c1-11-6-5-7-12(10-11)14(15(17)18-2)16-13-8-3-4-9-13/h5-7,10,13-14,16H,3-4,8-9H2,1-2H3/t14-/m0/s1. The number of carbonyl (C=O) groups excluding carboxylic acids is 1. The normalized spacial score (nSPS) is 17.7. The summed E-state index contributed by atoms with van der Waals surface area (Å²) in [4.78, 5) is 11.9. The fourth-order valence-corrected chi connectivity index (χ4v) is 2.60. The van der Waals surface area contributed by atoms with Gasteiger partial charge >= 0.3 is 5.97 Å². The predicted octanol–water partition coefficient (Wildman–Crippen LogP) is 2.74. The van der Waals surface area contributed by atoms with Gasteiger partial charge in [-0.1, -0.05) is 42.7 Å². The zero-order valence-electron chi connectivity index (χ0n) is 11.1. The van der Waals surface area contributed by atoms with Crippen LogP contribution in [0.3, 0.4) is 0 Å². The summed E-state index contributed by atoms with van der Waals surface area (Å²) < 4.78 is 4.92. The minimum atomic E-state index is -0.335. The molecule has 1 aliphatic rings. The summed E-state index contributed by atoms with van der Waals surface area (Å²) in [5.74, 6) is -0.201. The Morgan fingerprint density at radius 3 is 2.72 bits per heavy atom. The second-order valence-electron chi connectivity index (χ2n) is 5.02. The van der Waals surface area contributed by atoms with Crippen molar-refractivity contribution in [2.75, 3.05) is 7.11 Å². The molecular weight excluding hydrogens is 226 g/mol. The monoisotopic (exact) mass is 247 g/mol. The SMILES string of the molecule is COC(=O)[C@@H](NC1CCCC1)c1cccc(C)c1. The third-order valence-corrected chi connectivity index (χ3v) is 3.57. The van der Waals surface area contributed by atoms with E-state index in [9.17, 15) is 4.79 Å². The molecule has 0 aromatic heterocycles. The van der Waals surface area contributed by atoms with Gasteiger partial charge in [0.25, 0.3) is 0 Å². The number of aryl methyl sites for hydroxylation is 1. The molecule has 3 heteroatoms. The molecule has 0 unspecified atom stereocenters. The molecule has 0 spiro atoms. The fraction of sp³-hybridized carbons (Fsp3) is 0.533. The Hall–Kier alpha value is -1.35. The predicted molar refractivity (Wildman–Crippen MR) is 71.3 cm³/mol. The molecule has 1 aromatic carbocycles. The Morgan fingerprint density at radius 2 is 2.11 bits per heavy atom.